The van der Waals surface area contributed by atoms with Crippen LogP contribution < -0.4 is 4.74 Å². The highest BCUT2D eigenvalue weighted by Gasteiger charge is 2.13. The summed E-state index contributed by atoms with van der Waals surface area (Å²) in [7, 11) is 0. The van der Waals surface area contributed by atoms with E-state index in [4.69, 9.17) is 9.47 Å². The summed E-state index contributed by atoms with van der Waals surface area (Å²) < 4.78 is 11.8. The fourth-order valence-corrected chi connectivity index (χ4v) is 5.80. The number of carbonyl (C=O) groups is 1. The summed E-state index contributed by atoms with van der Waals surface area (Å²) in [5.41, 5.74) is 5.72. The van der Waals surface area contributed by atoms with Gasteiger partial charge in [-0.1, -0.05) is 164 Å². The monoisotopic (exact) mass is 598 g/mol. The largest absolute Gasteiger partial charge is 0.494 e. The summed E-state index contributed by atoms with van der Waals surface area (Å²) in [6.45, 7) is 7.19. The lowest BCUT2D eigenvalue weighted by Crippen LogP contribution is -2.08. The molecule has 44 heavy (non-hydrogen) atoms. The van der Waals surface area contributed by atoms with Gasteiger partial charge in [-0.2, -0.15) is 0 Å². The predicted octanol–water partition coefficient (Wildman–Crippen LogP) is 12.7. The van der Waals surface area contributed by atoms with E-state index in [0.717, 1.165) is 42.7 Å². The van der Waals surface area contributed by atoms with Gasteiger partial charge in [0.1, 0.15) is 11.9 Å². The smallest absolute Gasteiger partial charge is 0.306 e. The molecule has 1 unspecified atom stereocenters. The molecule has 0 fully saturated rings. The van der Waals surface area contributed by atoms with E-state index in [2.05, 4.69) is 86.6 Å². The Morgan fingerprint density at radius 1 is 0.568 bits per heavy atom. The minimum Gasteiger partial charge on any atom is -0.494 e. The molecule has 1 atom stereocenters. The molecule has 3 heteroatoms. The Morgan fingerprint density at radius 3 is 1.55 bits per heavy atom. The Hall–Kier alpha value is -3.07. The Bertz CT molecular complexity index is 1170. The van der Waals surface area contributed by atoms with E-state index in [9.17, 15) is 4.79 Å². The Balaban J connectivity index is 1.41. The van der Waals surface area contributed by atoms with Gasteiger partial charge in [0.2, 0.25) is 0 Å². The van der Waals surface area contributed by atoms with E-state index in [0.29, 0.717) is 6.42 Å². The SMILES string of the molecule is CCCCCCCCCCCCCCOc1ccc(-c2ccccc2-c2ccc(C(C)OC(=O)CCCCCC)cc2)cc1. The highest BCUT2D eigenvalue weighted by atomic mass is 16.5. The molecule has 3 aromatic carbocycles. The molecule has 0 amide bonds. The van der Waals surface area contributed by atoms with Crippen LogP contribution in [0.5, 0.6) is 5.75 Å². The maximum Gasteiger partial charge on any atom is 0.306 e. The molecule has 0 spiro atoms. The molecule has 3 rings (SSSR count). The zero-order chi connectivity index (χ0) is 31.2. The number of benzene rings is 3. The first kappa shape index (κ1) is 35.4. The standard InChI is InChI=1S/C41H58O3/c1-4-6-8-10-11-12-13-14-15-16-17-21-33-43-38-31-29-37(30-32-38)40-23-20-19-22-39(40)36-27-25-35(26-28-36)34(3)44-41(42)24-18-9-7-5-2/h19-20,22-23,25-32,34H,4-18,21,24,33H2,1-3H3. The highest BCUT2D eigenvalue weighted by molar-refractivity contribution is 5.83. The van der Waals surface area contributed by atoms with Crippen molar-refractivity contribution in [1.82, 2.24) is 0 Å². The number of hydrogen-bond donors (Lipinski definition) is 0. The third-order valence-corrected chi connectivity index (χ3v) is 8.59. The number of unbranched alkanes of at least 4 members (excludes halogenated alkanes) is 14. The molecule has 0 aliphatic carbocycles. The van der Waals surface area contributed by atoms with Gasteiger partial charge >= 0.3 is 5.97 Å². The van der Waals surface area contributed by atoms with E-state index in [1.165, 1.54) is 100 Å². The third kappa shape index (κ3) is 13.3. The van der Waals surface area contributed by atoms with Gasteiger partial charge in [-0.25, -0.2) is 0 Å². The lowest BCUT2D eigenvalue weighted by Gasteiger charge is -2.15. The van der Waals surface area contributed by atoms with Crippen molar-refractivity contribution in [3.8, 4) is 28.0 Å². The molecule has 240 valence electrons. The van der Waals surface area contributed by atoms with Crippen LogP contribution in [0.15, 0.2) is 72.8 Å². The van der Waals surface area contributed by atoms with Crippen LogP contribution in [0.25, 0.3) is 22.3 Å². The van der Waals surface area contributed by atoms with E-state index in [1.54, 1.807) is 0 Å². The van der Waals surface area contributed by atoms with Crippen LogP contribution in [0.2, 0.25) is 0 Å². The third-order valence-electron chi connectivity index (χ3n) is 8.59. The van der Waals surface area contributed by atoms with Gasteiger partial charge in [0.05, 0.1) is 6.61 Å². The molecule has 3 aromatic rings. The molecule has 0 aromatic heterocycles. The van der Waals surface area contributed by atoms with E-state index in [-0.39, 0.29) is 12.1 Å². The molecule has 0 bridgehead atoms. The van der Waals surface area contributed by atoms with Crippen molar-refractivity contribution in [2.45, 2.75) is 136 Å². The minimum atomic E-state index is -0.250. The van der Waals surface area contributed by atoms with Crippen molar-refractivity contribution in [2.24, 2.45) is 0 Å². The maximum absolute atomic E-state index is 12.2. The summed E-state index contributed by atoms with van der Waals surface area (Å²) >= 11 is 0. The van der Waals surface area contributed by atoms with Gasteiger partial charge < -0.3 is 9.47 Å². The molecular formula is C41H58O3. The van der Waals surface area contributed by atoms with E-state index < -0.39 is 0 Å². The average Bonchev–Trinajstić information content (AvgIpc) is 3.05. The Kier molecular flexibility index (Phi) is 17.4. The summed E-state index contributed by atoms with van der Waals surface area (Å²) in [5.74, 6) is 0.831. The first-order valence-corrected chi connectivity index (χ1v) is 17.7. The Morgan fingerprint density at radius 2 is 1.02 bits per heavy atom. The van der Waals surface area contributed by atoms with Crippen LogP contribution in [0.1, 0.15) is 142 Å². The van der Waals surface area contributed by atoms with Gasteiger partial charge in [0.25, 0.3) is 0 Å². The molecular weight excluding hydrogens is 540 g/mol. The van der Waals surface area contributed by atoms with Gasteiger partial charge in [-0.15, -0.1) is 0 Å². The van der Waals surface area contributed by atoms with Crippen LogP contribution in [-0.4, -0.2) is 12.6 Å². The number of rotatable bonds is 23. The van der Waals surface area contributed by atoms with Crippen molar-refractivity contribution in [1.29, 1.82) is 0 Å². The van der Waals surface area contributed by atoms with E-state index >= 15 is 0 Å². The highest BCUT2D eigenvalue weighted by Crippen LogP contribution is 2.34. The summed E-state index contributed by atoms with van der Waals surface area (Å²) in [6, 6.07) is 25.4. The van der Waals surface area contributed by atoms with Crippen molar-refractivity contribution in [3.63, 3.8) is 0 Å². The molecule has 0 aliphatic rings. The number of hydrogen-bond acceptors (Lipinski definition) is 3. The number of ether oxygens (including phenoxy) is 2. The van der Waals surface area contributed by atoms with Gasteiger partial charge in [-0.3, -0.25) is 4.79 Å². The molecule has 0 aliphatic heterocycles. The second kappa shape index (κ2) is 21.6. The number of esters is 1. The van der Waals surface area contributed by atoms with Crippen LogP contribution in [-0.2, 0) is 9.53 Å². The molecule has 0 saturated carbocycles. The van der Waals surface area contributed by atoms with Crippen molar-refractivity contribution in [2.75, 3.05) is 6.61 Å². The summed E-state index contributed by atoms with van der Waals surface area (Å²) in [6.07, 6.45) is 20.8. The minimum absolute atomic E-state index is 0.107. The second-order valence-electron chi connectivity index (χ2n) is 12.4. The summed E-state index contributed by atoms with van der Waals surface area (Å²) in [5, 5.41) is 0. The van der Waals surface area contributed by atoms with Crippen LogP contribution in [0.4, 0.5) is 0 Å². The summed E-state index contributed by atoms with van der Waals surface area (Å²) in [4.78, 5) is 12.2. The van der Waals surface area contributed by atoms with Crippen molar-refractivity contribution >= 4 is 5.97 Å². The van der Waals surface area contributed by atoms with Crippen LogP contribution in [0.3, 0.4) is 0 Å². The fraction of sp³-hybridized carbons (Fsp3) is 0.537. The number of carbonyl (C=O) groups excluding carboxylic acids is 1. The molecule has 0 N–H and O–H groups in total. The molecule has 0 heterocycles. The van der Waals surface area contributed by atoms with Gasteiger partial charge in [0, 0.05) is 6.42 Å². The van der Waals surface area contributed by atoms with Crippen LogP contribution >= 0.6 is 0 Å². The molecule has 0 radical (unpaired) electrons. The lowest BCUT2D eigenvalue weighted by molar-refractivity contribution is -0.148. The zero-order valence-electron chi connectivity index (χ0n) is 28.0. The lowest BCUT2D eigenvalue weighted by atomic mass is 9.93. The maximum atomic E-state index is 12.2. The predicted molar refractivity (Wildman–Crippen MR) is 187 cm³/mol. The van der Waals surface area contributed by atoms with Crippen molar-refractivity contribution in [3.05, 3.63) is 78.4 Å². The quantitative estimate of drug-likeness (QED) is 0.0804. The first-order chi connectivity index (χ1) is 21.6. The second-order valence-corrected chi connectivity index (χ2v) is 12.4. The average molecular weight is 599 g/mol. The first-order valence-electron chi connectivity index (χ1n) is 17.7. The van der Waals surface area contributed by atoms with Crippen LogP contribution in [0, 0.1) is 0 Å². The molecule has 3 nitrogen and oxygen atoms in total. The normalized spacial score (nSPS) is 11.8. The Labute approximate surface area is 268 Å². The molecule has 0 saturated heterocycles. The fourth-order valence-electron chi connectivity index (χ4n) is 5.80. The zero-order valence-corrected chi connectivity index (χ0v) is 28.0. The van der Waals surface area contributed by atoms with E-state index in [1.807, 2.05) is 6.92 Å². The van der Waals surface area contributed by atoms with Gasteiger partial charge in [-0.05, 0) is 59.7 Å². The topological polar surface area (TPSA) is 35.5 Å². The van der Waals surface area contributed by atoms with Gasteiger partial charge in [0.15, 0.2) is 0 Å². The van der Waals surface area contributed by atoms with Crippen molar-refractivity contribution < 1.29 is 14.3 Å².